The van der Waals surface area contributed by atoms with Gasteiger partial charge in [-0.05, 0) is 38.0 Å². The number of sulfonamides is 1. The molecule has 0 spiro atoms. The van der Waals surface area contributed by atoms with Gasteiger partial charge in [0.15, 0.2) is 0 Å². The number of nitrogens with zero attached hydrogens (tertiary/aromatic N) is 2. The van der Waals surface area contributed by atoms with Crippen LogP contribution >= 0.6 is 11.6 Å². The Hall–Kier alpha value is -1.13. The zero-order valence-corrected chi connectivity index (χ0v) is 13.4. The second-order valence-corrected chi connectivity index (χ2v) is 7.59. The van der Waals surface area contributed by atoms with Crippen molar-refractivity contribution in [1.29, 1.82) is 5.26 Å². The van der Waals surface area contributed by atoms with Gasteiger partial charge in [0.05, 0.1) is 15.5 Å². The highest BCUT2D eigenvalue weighted by Gasteiger charge is 2.35. The van der Waals surface area contributed by atoms with E-state index in [2.05, 4.69) is 0 Å². The second kappa shape index (κ2) is 6.32. The van der Waals surface area contributed by atoms with E-state index in [-0.39, 0.29) is 27.6 Å². The number of piperidine rings is 1. The van der Waals surface area contributed by atoms with E-state index in [9.17, 15) is 8.42 Å². The standard InChI is InChI=1S/C14H18ClN3O2S/c1-10(17)14-4-2-3-7-18(14)21(19,20)12-6-5-11(9-16)13(15)8-12/h5-6,8,10,14H,2-4,7,17H2,1H3/t10-,14+/m1/s1. The van der Waals surface area contributed by atoms with Crippen LogP contribution in [0.15, 0.2) is 23.1 Å². The summed E-state index contributed by atoms with van der Waals surface area (Å²) in [6, 6.07) is 5.69. The van der Waals surface area contributed by atoms with E-state index < -0.39 is 10.0 Å². The monoisotopic (exact) mass is 327 g/mol. The average molecular weight is 328 g/mol. The van der Waals surface area contributed by atoms with Gasteiger partial charge in [-0.2, -0.15) is 9.57 Å². The number of nitrogens with two attached hydrogens (primary N) is 1. The van der Waals surface area contributed by atoms with Gasteiger partial charge in [-0.1, -0.05) is 18.0 Å². The third-order valence-corrected chi connectivity index (χ3v) is 6.01. The van der Waals surface area contributed by atoms with E-state index in [0.717, 1.165) is 19.3 Å². The molecular formula is C14H18ClN3O2S. The molecule has 1 heterocycles. The smallest absolute Gasteiger partial charge is 0.243 e. The van der Waals surface area contributed by atoms with E-state index in [1.807, 2.05) is 13.0 Å². The van der Waals surface area contributed by atoms with Crippen LogP contribution in [0.25, 0.3) is 0 Å². The molecule has 0 amide bonds. The van der Waals surface area contributed by atoms with E-state index in [4.69, 9.17) is 22.6 Å². The average Bonchev–Trinajstić information content (AvgIpc) is 2.47. The van der Waals surface area contributed by atoms with Crippen molar-refractivity contribution in [3.63, 3.8) is 0 Å². The zero-order chi connectivity index (χ0) is 15.6. The lowest BCUT2D eigenvalue weighted by atomic mass is 10.00. The molecule has 1 aromatic carbocycles. The minimum atomic E-state index is -3.64. The van der Waals surface area contributed by atoms with Crippen molar-refractivity contribution in [3.8, 4) is 6.07 Å². The molecule has 0 bridgehead atoms. The Labute approximate surface area is 130 Å². The van der Waals surface area contributed by atoms with E-state index in [1.165, 1.54) is 22.5 Å². The molecule has 1 aromatic rings. The first-order valence-corrected chi connectivity index (χ1v) is 8.67. The van der Waals surface area contributed by atoms with Gasteiger partial charge in [0.2, 0.25) is 10.0 Å². The number of halogens is 1. The second-order valence-electron chi connectivity index (χ2n) is 5.29. The summed E-state index contributed by atoms with van der Waals surface area (Å²) in [4.78, 5) is 0.110. The van der Waals surface area contributed by atoms with Crippen molar-refractivity contribution in [3.05, 3.63) is 28.8 Å². The van der Waals surface area contributed by atoms with Crippen LogP contribution in [-0.4, -0.2) is 31.4 Å². The number of hydrogen-bond donors (Lipinski definition) is 1. The zero-order valence-electron chi connectivity index (χ0n) is 11.8. The molecule has 1 aliphatic heterocycles. The summed E-state index contributed by atoms with van der Waals surface area (Å²) in [5.74, 6) is 0. The van der Waals surface area contributed by atoms with Gasteiger partial charge in [-0.3, -0.25) is 0 Å². The van der Waals surface area contributed by atoms with E-state index in [0.29, 0.717) is 6.54 Å². The first-order valence-electron chi connectivity index (χ1n) is 6.85. The Morgan fingerprint density at radius 1 is 1.48 bits per heavy atom. The number of nitriles is 1. The Balaban J connectivity index is 2.41. The molecule has 7 heteroatoms. The summed E-state index contributed by atoms with van der Waals surface area (Å²) in [6.45, 7) is 2.29. The third-order valence-electron chi connectivity index (χ3n) is 3.77. The van der Waals surface area contributed by atoms with Crippen LogP contribution < -0.4 is 5.73 Å². The maximum atomic E-state index is 12.8. The summed E-state index contributed by atoms with van der Waals surface area (Å²) < 4.78 is 27.0. The molecule has 1 fully saturated rings. The molecule has 0 saturated carbocycles. The summed E-state index contributed by atoms with van der Waals surface area (Å²) in [5.41, 5.74) is 6.19. The molecule has 2 atom stereocenters. The van der Waals surface area contributed by atoms with Crippen molar-refractivity contribution >= 4 is 21.6 Å². The van der Waals surface area contributed by atoms with Crippen molar-refractivity contribution < 1.29 is 8.42 Å². The fourth-order valence-corrected chi connectivity index (χ4v) is 4.73. The Bertz CT molecular complexity index is 667. The number of hydrogen-bond acceptors (Lipinski definition) is 4. The summed E-state index contributed by atoms with van der Waals surface area (Å²) in [7, 11) is -3.64. The molecule has 21 heavy (non-hydrogen) atoms. The van der Waals surface area contributed by atoms with Crippen molar-refractivity contribution in [2.24, 2.45) is 5.73 Å². The highest BCUT2D eigenvalue weighted by molar-refractivity contribution is 7.89. The van der Waals surface area contributed by atoms with Crippen LogP contribution in [0.4, 0.5) is 0 Å². The molecule has 5 nitrogen and oxygen atoms in total. The van der Waals surface area contributed by atoms with Crippen LogP contribution in [0, 0.1) is 11.3 Å². The lowest BCUT2D eigenvalue weighted by Crippen LogP contribution is -2.51. The van der Waals surface area contributed by atoms with Crippen LogP contribution in [-0.2, 0) is 10.0 Å². The van der Waals surface area contributed by atoms with Crippen molar-refractivity contribution in [1.82, 2.24) is 4.31 Å². The van der Waals surface area contributed by atoms with Gasteiger partial charge >= 0.3 is 0 Å². The summed E-state index contributed by atoms with van der Waals surface area (Å²) in [6.07, 6.45) is 2.57. The molecule has 114 valence electrons. The SMILES string of the molecule is C[C@@H](N)[C@@H]1CCCCN1S(=O)(=O)c1ccc(C#N)c(Cl)c1. The maximum Gasteiger partial charge on any atom is 0.243 e. The summed E-state index contributed by atoms with van der Waals surface area (Å²) >= 11 is 5.94. The van der Waals surface area contributed by atoms with E-state index >= 15 is 0 Å². The fourth-order valence-electron chi connectivity index (χ4n) is 2.64. The van der Waals surface area contributed by atoms with Crippen molar-refractivity contribution in [2.45, 2.75) is 43.2 Å². The van der Waals surface area contributed by atoms with Gasteiger partial charge in [-0.15, -0.1) is 0 Å². The number of benzene rings is 1. The van der Waals surface area contributed by atoms with Gasteiger partial charge in [-0.25, -0.2) is 8.42 Å². The summed E-state index contributed by atoms with van der Waals surface area (Å²) in [5, 5.41) is 9.01. The van der Waals surface area contributed by atoms with Crippen LogP contribution in [0.5, 0.6) is 0 Å². The molecule has 1 aliphatic rings. The van der Waals surface area contributed by atoms with Crippen LogP contribution in [0.2, 0.25) is 5.02 Å². The van der Waals surface area contributed by atoms with Crippen LogP contribution in [0.3, 0.4) is 0 Å². The highest BCUT2D eigenvalue weighted by Crippen LogP contribution is 2.28. The largest absolute Gasteiger partial charge is 0.326 e. The molecule has 0 aliphatic carbocycles. The first-order chi connectivity index (χ1) is 9.87. The minimum Gasteiger partial charge on any atom is -0.326 e. The molecule has 0 unspecified atom stereocenters. The predicted molar refractivity (Wildman–Crippen MR) is 81.3 cm³/mol. The maximum absolute atomic E-state index is 12.8. The Kier molecular flexibility index (Phi) is 4.89. The molecule has 0 radical (unpaired) electrons. The van der Waals surface area contributed by atoms with E-state index in [1.54, 1.807) is 0 Å². The van der Waals surface area contributed by atoms with Gasteiger partial charge in [0.1, 0.15) is 6.07 Å². The first kappa shape index (κ1) is 16.2. The van der Waals surface area contributed by atoms with Crippen molar-refractivity contribution in [2.75, 3.05) is 6.54 Å². The normalized spacial score (nSPS) is 21.7. The van der Waals surface area contributed by atoms with Crippen LogP contribution in [0.1, 0.15) is 31.7 Å². The molecular weight excluding hydrogens is 310 g/mol. The Morgan fingerprint density at radius 2 is 2.19 bits per heavy atom. The minimum absolute atomic E-state index is 0.110. The van der Waals surface area contributed by atoms with Gasteiger partial charge < -0.3 is 5.73 Å². The molecule has 2 N–H and O–H groups in total. The molecule has 2 rings (SSSR count). The lowest BCUT2D eigenvalue weighted by molar-refractivity contribution is 0.227. The lowest BCUT2D eigenvalue weighted by Gasteiger charge is -2.36. The third kappa shape index (κ3) is 3.22. The molecule has 1 saturated heterocycles. The number of rotatable bonds is 3. The van der Waals surface area contributed by atoms with Gasteiger partial charge in [0, 0.05) is 18.6 Å². The quantitative estimate of drug-likeness (QED) is 0.921. The highest BCUT2D eigenvalue weighted by atomic mass is 35.5. The molecule has 0 aromatic heterocycles. The predicted octanol–water partition coefficient (Wildman–Crippen LogP) is 2.10. The fraction of sp³-hybridized carbons (Fsp3) is 0.500. The Morgan fingerprint density at radius 3 is 2.76 bits per heavy atom. The topological polar surface area (TPSA) is 87.2 Å². The van der Waals surface area contributed by atoms with Gasteiger partial charge in [0.25, 0.3) is 0 Å².